The third-order valence-corrected chi connectivity index (χ3v) is 5.10. The molecule has 6 nitrogen and oxygen atoms in total. The molecule has 2 aliphatic rings. The fourth-order valence-electron chi connectivity index (χ4n) is 3.66. The second-order valence-corrected chi connectivity index (χ2v) is 6.88. The van der Waals surface area contributed by atoms with Gasteiger partial charge in [-0.05, 0) is 31.6 Å². The van der Waals surface area contributed by atoms with Crippen molar-refractivity contribution in [2.45, 2.75) is 44.6 Å². The lowest BCUT2D eigenvalue weighted by molar-refractivity contribution is -0.139. The van der Waals surface area contributed by atoms with Crippen LogP contribution in [0.2, 0.25) is 0 Å². The molecule has 0 radical (unpaired) electrons. The topological polar surface area (TPSA) is 84.7 Å². The fraction of sp³-hybridized carbons (Fsp3) is 0.875. The molecule has 1 atom stereocenters. The lowest BCUT2D eigenvalue weighted by Crippen LogP contribution is -2.52. The Labute approximate surface area is 132 Å². The van der Waals surface area contributed by atoms with Crippen LogP contribution >= 0.6 is 0 Å². The molecule has 2 amide bonds. The number of carbonyl (C=O) groups is 2. The molecule has 2 fully saturated rings. The average molecular weight is 311 g/mol. The maximum absolute atomic E-state index is 12.5. The van der Waals surface area contributed by atoms with Crippen LogP contribution in [0.25, 0.3) is 0 Å². The number of hydrogen-bond acceptors (Lipinski definition) is 4. The van der Waals surface area contributed by atoms with Gasteiger partial charge in [-0.2, -0.15) is 0 Å². The van der Waals surface area contributed by atoms with Crippen LogP contribution in [-0.4, -0.2) is 56.6 Å². The molecule has 6 heteroatoms. The van der Waals surface area contributed by atoms with Crippen LogP contribution in [0.3, 0.4) is 0 Å². The molecule has 1 saturated heterocycles. The van der Waals surface area contributed by atoms with E-state index in [4.69, 9.17) is 10.5 Å². The van der Waals surface area contributed by atoms with Crippen LogP contribution < -0.4 is 11.1 Å². The van der Waals surface area contributed by atoms with Gasteiger partial charge in [0.25, 0.3) is 0 Å². The molecule has 22 heavy (non-hydrogen) atoms. The number of nitrogens with zero attached hydrogens (tertiary/aromatic N) is 1. The summed E-state index contributed by atoms with van der Waals surface area (Å²) >= 11 is 0. The van der Waals surface area contributed by atoms with Gasteiger partial charge in [-0.15, -0.1) is 0 Å². The van der Waals surface area contributed by atoms with Crippen molar-refractivity contribution in [3.63, 3.8) is 0 Å². The largest absolute Gasteiger partial charge is 0.381 e. The highest BCUT2D eigenvalue weighted by molar-refractivity contribution is 5.85. The summed E-state index contributed by atoms with van der Waals surface area (Å²) in [5, 5.41) is 2.95. The van der Waals surface area contributed by atoms with Gasteiger partial charge in [0.1, 0.15) is 0 Å². The van der Waals surface area contributed by atoms with Crippen molar-refractivity contribution in [3.8, 4) is 0 Å². The normalized spacial score (nSPS) is 23.0. The number of rotatable bonds is 5. The third kappa shape index (κ3) is 3.79. The van der Waals surface area contributed by atoms with Crippen LogP contribution in [-0.2, 0) is 14.3 Å². The number of ether oxygens (including phenoxy) is 1. The first-order valence-electron chi connectivity index (χ1n) is 8.29. The molecule has 0 aromatic heterocycles. The SMILES string of the molecule is CN(C)C(=O)C1(CNC(=O)C(N)C2CCOCC2)CCCC1. The minimum atomic E-state index is -0.503. The Morgan fingerprint density at radius 2 is 1.86 bits per heavy atom. The van der Waals surface area contributed by atoms with E-state index in [2.05, 4.69) is 5.32 Å². The average Bonchev–Trinajstić information content (AvgIpc) is 3.02. The summed E-state index contributed by atoms with van der Waals surface area (Å²) in [6.45, 7) is 1.75. The van der Waals surface area contributed by atoms with E-state index in [1.807, 2.05) is 0 Å². The number of hydrogen-bond donors (Lipinski definition) is 2. The summed E-state index contributed by atoms with van der Waals surface area (Å²) in [7, 11) is 3.55. The van der Waals surface area contributed by atoms with Gasteiger partial charge in [-0.25, -0.2) is 0 Å². The van der Waals surface area contributed by atoms with E-state index in [0.717, 1.165) is 38.5 Å². The molecule has 126 valence electrons. The number of amides is 2. The molecule has 1 aliphatic carbocycles. The van der Waals surface area contributed by atoms with Crippen molar-refractivity contribution in [3.05, 3.63) is 0 Å². The second kappa shape index (κ2) is 7.42. The van der Waals surface area contributed by atoms with E-state index >= 15 is 0 Å². The molecule has 0 aromatic carbocycles. The van der Waals surface area contributed by atoms with Gasteiger partial charge in [-0.3, -0.25) is 9.59 Å². The minimum Gasteiger partial charge on any atom is -0.381 e. The summed E-state index contributed by atoms with van der Waals surface area (Å²) in [5.74, 6) is 0.160. The van der Waals surface area contributed by atoms with Crippen molar-refractivity contribution < 1.29 is 14.3 Å². The van der Waals surface area contributed by atoms with Crippen LogP contribution in [0.15, 0.2) is 0 Å². The lowest BCUT2D eigenvalue weighted by Gasteiger charge is -2.32. The Balaban J connectivity index is 1.91. The van der Waals surface area contributed by atoms with Crippen molar-refractivity contribution in [2.24, 2.45) is 17.1 Å². The highest BCUT2D eigenvalue weighted by Crippen LogP contribution is 2.39. The van der Waals surface area contributed by atoms with E-state index in [-0.39, 0.29) is 17.7 Å². The van der Waals surface area contributed by atoms with Gasteiger partial charge in [0.15, 0.2) is 0 Å². The first kappa shape index (κ1) is 17.2. The Hall–Kier alpha value is -1.14. The smallest absolute Gasteiger partial charge is 0.237 e. The molecule has 0 spiro atoms. The molecule has 0 aromatic rings. The van der Waals surface area contributed by atoms with E-state index in [0.29, 0.717) is 19.8 Å². The molecule has 1 aliphatic heterocycles. The second-order valence-electron chi connectivity index (χ2n) is 6.88. The minimum absolute atomic E-state index is 0.116. The highest BCUT2D eigenvalue weighted by atomic mass is 16.5. The van der Waals surface area contributed by atoms with Gasteiger partial charge in [0.05, 0.1) is 11.5 Å². The van der Waals surface area contributed by atoms with Gasteiger partial charge in [-0.1, -0.05) is 12.8 Å². The van der Waals surface area contributed by atoms with Crippen LogP contribution in [0.1, 0.15) is 38.5 Å². The molecular weight excluding hydrogens is 282 g/mol. The number of carbonyl (C=O) groups excluding carboxylic acids is 2. The van der Waals surface area contributed by atoms with E-state index in [9.17, 15) is 9.59 Å². The van der Waals surface area contributed by atoms with Crippen molar-refractivity contribution in [2.75, 3.05) is 33.9 Å². The molecule has 1 heterocycles. The van der Waals surface area contributed by atoms with Crippen molar-refractivity contribution in [1.29, 1.82) is 0 Å². The van der Waals surface area contributed by atoms with E-state index in [1.54, 1.807) is 19.0 Å². The number of nitrogens with one attached hydrogen (secondary N) is 1. The standard InChI is InChI=1S/C16H29N3O3/c1-19(2)15(21)16(7-3-4-8-16)11-18-14(20)13(17)12-5-9-22-10-6-12/h12-13H,3-11,17H2,1-2H3,(H,18,20). The Morgan fingerprint density at radius 1 is 1.27 bits per heavy atom. The zero-order valence-electron chi connectivity index (χ0n) is 13.8. The number of nitrogens with two attached hydrogens (primary N) is 1. The summed E-state index contributed by atoms with van der Waals surface area (Å²) in [6, 6.07) is -0.503. The first-order chi connectivity index (χ1) is 10.5. The monoisotopic (exact) mass is 311 g/mol. The van der Waals surface area contributed by atoms with E-state index < -0.39 is 11.5 Å². The van der Waals surface area contributed by atoms with Crippen molar-refractivity contribution in [1.82, 2.24) is 10.2 Å². The molecule has 3 N–H and O–H groups in total. The van der Waals surface area contributed by atoms with Gasteiger partial charge in [0, 0.05) is 33.9 Å². The maximum atomic E-state index is 12.5. The summed E-state index contributed by atoms with van der Waals surface area (Å²) in [5.41, 5.74) is 5.66. The quantitative estimate of drug-likeness (QED) is 0.774. The third-order valence-electron chi connectivity index (χ3n) is 5.10. The van der Waals surface area contributed by atoms with Gasteiger partial charge >= 0.3 is 0 Å². The first-order valence-corrected chi connectivity index (χ1v) is 8.29. The summed E-state index contributed by atoms with van der Waals surface area (Å²) < 4.78 is 5.31. The van der Waals surface area contributed by atoms with Crippen LogP contribution in [0.4, 0.5) is 0 Å². The Bertz CT molecular complexity index is 399. The zero-order valence-corrected chi connectivity index (χ0v) is 13.8. The molecule has 1 unspecified atom stereocenters. The summed E-state index contributed by atoms with van der Waals surface area (Å²) in [6.07, 6.45) is 5.43. The van der Waals surface area contributed by atoms with E-state index in [1.165, 1.54) is 0 Å². The van der Waals surface area contributed by atoms with Gasteiger partial charge in [0.2, 0.25) is 11.8 Å². The predicted octanol–water partition coefficient (Wildman–Crippen LogP) is 0.505. The zero-order chi connectivity index (χ0) is 16.2. The fourth-order valence-corrected chi connectivity index (χ4v) is 3.66. The Morgan fingerprint density at radius 3 is 2.41 bits per heavy atom. The lowest BCUT2D eigenvalue weighted by atomic mass is 9.84. The van der Waals surface area contributed by atoms with Crippen molar-refractivity contribution >= 4 is 11.8 Å². The Kier molecular flexibility index (Phi) is 5.81. The van der Waals surface area contributed by atoms with Gasteiger partial charge < -0.3 is 20.7 Å². The maximum Gasteiger partial charge on any atom is 0.237 e. The van der Waals surface area contributed by atoms with Crippen LogP contribution in [0.5, 0.6) is 0 Å². The summed E-state index contributed by atoms with van der Waals surface area (Å²) in [4.78, 5) is 26.4. The van der Waals surface area contributed by atoms with Crippen LogP contribution in [0, 0.1) is 11.3 Å². The highest BCUT2D eigenvalue weighted by Gasteiger charge is 2.42. The molecular formula is C16H29N3O3. The predicted molar refractivity (Wildman–Crippen MR) is 84.1 cm³/mol. The molecule has 2 rings (SSSR count). The molecule has 1 saturated carbocycles. The molecule has 0 bridgehead atoms.